The van der Waals surface area contributed by atoms with E-state index in [0.29, 0.717) is 0 Å². The van der Waals surface area contributed by atoms with Crippen molar-refractivity contribution in [2.24, 2.45) is 0 Å². The summed E-state index contributed by atoms with van der Waals surface area (Å²) < 4.78 is 0. The minimum absolute atomic E-state index is 0. The average molecular weight is 231 g/mol. The SMILES string of the molecule is C1CCCC1.C1CCCC1.[Zr+2]. The molecular formula is C10H20Zr+2. The summed E-state index contributed by atoms with van der Waals surface area (Å²) in [7, 11) is 0. The molecule has 2 fully saturated rings. The van der Waals surface area contributed by atoms with E-state index in [1.165, 1.54) is 64.2 Å². The van der Waals surface area contributed by atoms with Crippen LogP contribution in [0.2, 0.25) is 0 Å². The van der Waals surface area contributed by atoms with Crippen LogP contribution < -0.4 is 0 Å². The zero-order valence-electron chi connectivity index (χ0n) is 7.57. The predicted molar refractivity (Wildman–Crippen MR) is 46.2 cm³/mol. The summed E-state index contributed by atoms with van der Waals surface area (Å²) in [5.41, 5.74) is 0. The topological polar surface area (TPSA) is 0 Å². The molecule has 1 heteroatoms. The average Bonchev–Trinajstić information content (AvgIpc) is 2.67. The van der Waals surface area contributed by atoms with Crippen molar-refractivity contribution >= 4 is 0 Å². The van der Waals surface area contributed by atoms with E-state index in [4.69, 9.17) is 0 Å². The van der Waals surface area contributed by atoms with Gasteiger partial charge in [0.15, 0.2) is 0 Å². The Labute approximate surface area is 90.3 Å². The largest absolute Gasteiger partial charge is 2.00 e. The molecule has 2 aliphatic rings. The molecule has 2 rings (SSSR count). The monoisotopic (exact) mass is 230 g/mol. The summed E-state index contributed by atoms with van der Waals surface area (Å²) in [5, 5.41) is 0. The molecule has 0 atom stereocenters. The van der Waals surface area contributed by atoms with Crippen LogP contribution in [0.4, 0.5) is 0 Å². The molecule has 0 aromatic rings. The van der Waals surface area contributed by atoms with E-state index < -0.39 is 0 Å². The van der Waals surface area contributed by atoms with E-state index >= 15 is 0 Å². The van der Waals surface area contributed by atoms with E-state index in [1.54, 1.807) is 0 Å². The first kappa shape index (κ1) is 11.9. The van der Waals surface area contributed by atoms with Crippen molar-refractivity contribution < 1.29 is 26.2 Å². The van der Waals surface area contributed by atoms with Crippen LogP contribution in [0, 0.1) is 0 Å². The quantitative estimate of drug-likeness (QED) is 0.593. The van der Waals surface area contributed by atoms with Crippen LogP contribution in [-0.4, -0.2) is 0 Å². The summed E-state index contributed by atoms with van der Waals surface area (Å²) in [4.78, 5) is 0. The van der Waals surface area contributed by atoms with E-state index in [-0.39, 0.29) is 26.2 Å². The van der Waals surface area contributed by atoms with Gasteiger partial charge in [0.2, 0.25) is 0 Å². The molecule has 0 unspecified atom stereocenters. The van der Waals surface area contributed by atoms with Gasteiger partial charge < -0.3 is 0 Å². The Kier molecular flexibility index (Phi) is 9.70. The van der Waals surface area contributed by atoms with Crippen molar-refractivity contribution in [1.82, 2.24) is 0 Å². The Morgan fingerprint density at radius 2 is 0.364 bits per heavy atom. The van der Waals surface area contributed by atoms with Crippen molar-refractivity contribution in [2.45, 2.75) is 64.2 Å². The second-order valence-corrected chi connectivity index (χ2v) is 3.54. The molecule has 62 valence electrons. The summed E-state index contributed by atoms with van der Waals surface area (Å²) in [6, 6.07) is 0. The van der Waals surface area contributed by atoms with Crippen molar-refractivity contribution in [3.8, 4) is 0 Å². The first-order valence-corrected chi connectivity index (χ1v) is 5.00. The molecule has 0 saturated heterocycles. The van der Waals surface area contributed by atoms with Gasteiger partial charge >= 0.3 is 26.2 Å². The molecule has 0 spiro atoms. The maximum atomic E-state index is 1.50. The molecule has 11 heavy (non-hydrogen) atoms. The van der Waals surface area contributed by atoms with Crippen molar-refractivity contribution in [1.29, 1.82) is 0 Å². The van der Waals surface area contributed by atoms with Gasteiger partial charge in [-0.25, -0.2) is 0 Å². The molecule has 2 aliphatic carbocycles. The maximum Gasteiger partial charge on any atom is 2.00 e. The number of hydrogen-bond donors (Lipinski definition) is 0. The minimum atomic E-state index is 0. The zero-order chi connectivity index (χ0) is 7.07. The van der Waals surface area contributed by atoms with Gasteiger partial charge in [0, 0.05) is 0 Å². The molecule has 0 amide bonds. The first-order chi connectivity index (χ1) is 5.00. The minimum Gasteiger partial charge on any atom is -0.0533 e. The normalized spacial score (nSPS) is 21.8. The molecule has 0 radical (unpaired) electrons. The van der Waals surface area contributed by atoms with Gasteiger partial charge in [-0.1, -0.05) is 64.2 Å². The molecule has 0 bridgehead atoms. The van der Waals surface area contributed by atoms with E-state index in [9.17, 15) is 0 Å². The van der Waals surface area contributed by atoms with Crippen LogP contribution in [-0.2, 0) is 26.2 Å². The fraction of sp³-hybridized carbons (Fsp3) is 1.00. The Bertz CT molecular complexity index is 38.1. The number of hydrogen-bond acceptors (Lipinski definition) is 0. The van der Waals surface area contributed by atoms with Gasteiger partial charge in [-0.3, -0.25) is 0 Å². The van der Waals surface area contributed by atoms with Crippen molar-refractivity contribution in [3.05, 3.63) is 0 Å². The Morgan fingerprint density at radius 3 is 0.455 bits per heavy atom. The van der Waals surface area contributed by atoms with Crippen molar-refractivity contribution in [3.63, 3.8) is 0 Å². The van der Waals surface area contributed by atoms with Gasteiger partial charge in [-0.05, 0) is 0 Å². The summed E-state index contributed by atoms with van der Waals surface area (Å²) in [5.74, 6) is 0. The second-order valence-electron chi connectivity index (χ2n) is 3.54. The fourth-order valence-electron chi connectivity index (χ4n) is 1.77. The molecule has 0 aliphatic heterocycles. The standard InChI is InChI=1S/2C5H10.Zr/c2*1-2-4-5-3-1;/h2*1-5H2;/q;;+2. The molecular weight excluding hydrogens is 211 g/mol. The van der Waals surface area contributed by atoms with Gasteiger partial charge in [0.05, 0.1) is 0 Å². The van der Waals surface area contributed by atoms with Gasteiger partial charge in [0.1, 0.15) is 0 Å². The Morgan fingerprint density at radius 1 is 0.273 bits per heavy atom. The maximum absolute atomic E-state index is 1.50. The smallest absolute Gasteiger partial charge is 0.0533 e. The van der Waals surface area contributed by atoms with E-state index in [2.05, 4.69) is 0 Å². The molecule has 0 nitrogen and oxygen atoms in total. The molecule has 0 N–H and O–H groups in total. The molecule has 0 aromatic heterocycles. The first-order valence-electron chi connectivity index (χ1n) is 5.00. The second kappa shape index (κ2) is 8.98. The van der Waals surface area contributed by atoms with Gasteiger partial charge in [0.25, 0.3) is 0 Å². The Balaban J connectivity index is 0.000000167. The van der Waals surface area contributed by atoms with Gasteiger partial charge in [-0.2, -0.15) is 0 Å². The summed E-state index contributed by atoms with van der Waals surface area (Å²) in [6.07, 6.45) is 15.0. The zero-order valence-corrected chi connectivity index (χ0v) is 10.0. The molecule has 2 saturated carbocycles. The number of rotatable bonds is 0. The third kappa shape index (κ3) is 7.25. The van der Waals surface area contributed by atoms with E-state index in [0.717, 1.165) is 0 Å². The van der Waals surface area contributed by atoms with Crippen molar-refractivity contribution in [2.75, 3.05) is 0 Å². The van der Waals surface area contributed by atoms with E-state index in [1.807, 2.05) is 0 Å². The van der Waals surface area contributed by atoms with Crippen LogP contribution in [0.25, 0.3) is 0 Å². The van der Waals surface area contributed by atoms with Crippen LogP contribution in [0.15, 0.2) is 0 Å². The molecule has 0 heterocycles. The third-order valence-corrected chi connectivity index (χ3v) is 2.50. The third-order valence-electron chi connectivity index (χ3n) is 2.50. The fourth-order valence-corrected chi connectivity index (χ4v) is 1.77. The predicted octanol–water partition coefficient (Wildman–Crippen LogP) is 3.90. The molecule has 0 aromatic carbocycles. The van der Waals surface area contributed by atoms with Crippen LogP contribution in [0.1, 0.15) is 64.2 Å². The summed E-state index contributed by atoms with van der Waals surface area (Å²) >= 11 is 0. The van der Waals surface area contributed by atoms with Crippen LogP contribution >= 0.6 is 0 Å². The Hall–Kier alpha value is 0.883. The van der Waals surface area contributed by atoms with Crippen LogP contribution in [0.3, 0.4) is 0 Å². The van der Waals surface area contributed by atoms with Gasteiger partial charge in [-0.15, -0.1) is 0 Å². The van der Waals surface area contributed by atoms with Crippen LogP contribution in [0.5, 0.6) is 0 Å². The summed E-state index contributed by atoms with van der Waals surface area (Å²) in [6.45, 7) is 0.